The molecule has 0 spiro atoms. The van der Waals surface area contributed by atoms with Crippen molar-refractivity contribution in [3.63, 3.8) is 0 Å². The van der Waals surface area contributed by atoms with Crippen LogP contribution in [-0.2, 0) is 32.0 Å². The van der Waals surface area contributed by atoms with Crippen molar-refractivity contribution in [1.29, 1.82) is 0 Å². The second kappa shape index (κ2) is 11.7. The maximum atomic E-state index is 13.8. The van der Waals surface area contributed by atoms with Crippen molar-refractivity contribution >= 4 is 29.3 Å². The molecule has 1 saturated carbocycles. The molecule has 2 aliphatic rings. The molecule has 1 amide bonds. The summed E-state index contributed by atoms with van der Waals surface area (Å²) >= 11 is 0. The van der Waals surface area contributed by atoms with Crippen molar-refractivity contribution in [2.24, 2.45) is 17.3 Å². The molecular weight excluding hydrogens is 470 g/mol. The van der Waals surface area contributed by atoms with Crippen LogP contribution in [0.1, 0.15) is 62.5 Å². The monoisotopic (exact) mass is 505 g/mol. The van der Waals surface area contributed by atoms with Crippen LogP contribution in [0.2, 0.25) is 0 Å². The molecule has 1 aliphatic heterocycles. The molecule has 196 valence electrons. The van der Waals surface area contributed by atoms with Crippen LogP contribution in [0.4, 0.5) is 5.69 Å². The van der Waals surface area contributed by atoms with Crippen LogP contribution in [0, 0.1) is 17.3 Å². The van der Waals surface area contributed by atoms with Gasteiger partial charge in [-0.05, 0) is 62.1 Å². The van der Waals surface area contributed by atoms with Crippen LogP contribution < -0.4 is 4.90 Å². The van der Waals surface area contributed by atoms with Gasteiger partial charge in [0.25, 0.3) is 0 Å². The first-order chi connectivity index (χ1) is 17.8. The maximum Gasteiger partial charge on any atom is 0.323 e. The topological polar surface area (TPSA) is 112 Å². The van der Waals surface area contributed by atoms with Gasteiger partial charge in [0.05, 0.1) is 5.92 Å². The van der Waals surface area contributed by atoms with Crippen LogP contribution in [-0.4, -0.2) is 40.4 Å². The molecule has 1 fully saturated rings. The first-order valence-electron chi connectivity index (χ1n) is 13.2. The zero-order valence-corrected chi connectivity index (χ0v) is 21.1. The maximum absolute atomic E-state index is 13.8. The third kappa shape index (κ3) is 6.27. The molecule has 1 aliphatic carbocycles. The number of hydrogen-bond donors (Lipinski definition) is 2. The highest BCUT2D eigenvalue weighted by atomic mass is 16.4. The number of aliphatic carboxylic acids is 2. The Morgan fingerprint density at radius 3 is 2.32 bits per heavy atom. The SMILES string of the molecule is O=C(O)CN1C(=O)[C@@H](CC(=O)C2(C[C@@H](CCc3ccccc3)C(=O)O)CCCC2)CCc2ccccc21. The Bertz CT molecular complexity index is 1140. The molecule has 0 unspecified atom stereocenters. The van der Waals surface area contributed by atoms with Gasteiger partial charge in [0.15, 0.2) is 0 Å². The van der Waals surface area contributed by atoms with E-state index in [1.807, 2.05) is 42.5 Å². The van der Waals surface area contributed by atoms with E-state index in [2.05, 4.69) is 0 Å². The lowest BCUT2D eigenvalue weighted by atomic mass is 9.71. The van der Waals surface area contributed by atoms with E-state index in [1.54, 1.807) is 12.1 Å². The number of nitrogens with zero attached hydrogens (tertiary/aromatic N) is 1. The highest BCUT2D eigenvalue weighted by Crippen LogP contribution is 2.46. The lowest BCUT2D eigenvalue weighted by molar-refractivity contribution is -0.145. The lowest BCUT2D eigenvalue weighted by Gasteiger charge is -2.32. The Balaban J connectivity index is 1.51. The van der Waals surface area contributed by atoms with E-state index < -0.39 is 35.7 Å². The summed E-state index contributed by atoms with van der Waals surface area (Å²) in [5, 5.41) is 19.4. The van der Waals surface area contributed by atoms with Crippen LogP contribution >= 0.6 is 0 Å². The van der Waals surface area contributed by atoms with E-state index in [0.717, 1.165) is 24.0 Å². The lowest BCUT2D eigenvalue weighted by Crippen LogP contribution is -2.41. The van der Waals surface area contributed by atoms with Gasteiger partial charge >= 0.3 is 11.9 Å². The smallest absolute Gasteiger partial charge is 0.323 e. The predicted octanol–water partition coefficient (Wildman–Crippen LogP) is 4.91. The molecule has 7 heteroatoms. The number of benzene rings is 2. The number of amides is 1. The molecular formula is C30H35NO6. The molecule has 0 bridgehead atoms. The van der Waals surface area contributed by atoms with E-state index in [-0.39, 0.29) is 24.5 Å². The summed E-state index contributed by atoms with van der Waals surface area (Å²) in [6.07, 6.45) is 5.45. The number of carboxylic acids is 2. The van der Waals surface area contributed by atoms with Crippen molar-refractivity contribution in [2.75, 3.05) is 11.4 Å². The predicted molar refractivity (Wildman–Crippen MR) is 139 cm³/mol. The number of hydrogen-bond acceptors (Lipinski definition) is 4. The molecule has 7 nitrogen and oxygen atoms in total. The quantitative estimate of drug-likeness (QED) is 0.449. The normalized spacial score (nSPS) is 19.6. The summed E-state index contributed by atoms with van der Waals surface area (Å²) in [6.45, 7) is -0.452. The number of carbonyl (C=O) groups is 4. The number of para-hydroxylation sites is 1. The molecule has 2 aromatic carbocycles. The second-order valence-corrected chi connectivity index (χ2v) is 10.6. The standard InChI is InChI=1S/C30H35NO6/c32-26(18-23-15-14-22-10-4-5-11-25(22)31(28(23)35)20-27(33)34)30(16-6-7-17-30)19-24(29(36)37)13-12-21-8-2-1-3-9-21/h1-5,8-11,23-24H,6-7,12-20H2,(H,33,34)(H,36,37)/t23-,24-/m1/s1. The van der Waals surface area contributed by atoms with Gasteiger partial charge in [0.2, 0.25) is 5.91 Å². The van der Waals surface area contributed by atoms with Crippen molar-refractivity contribution in [2.45, 2.75) is 64.2 Å². The minimum absolute atomic E-state index is 0.0218. The minimum atomic E-state index is -1.11. The molecule has 2 aromatic rings. The Kier molecular flexibility index (Phi) is 8.41. The summed E-state index contributed by atoms with van der Waals surface area (Å²) in [6, 6.07) is 17.0. The Morgan fingerprint density at radius 1 is 0.973 bits per heavy atom. The van der Waals surface area contributed by atoms with Gasteiger partial charge < -0.3 is 15.1 Å². The van der Waals surface area contributed by atoms with Gasteiger partial charge in [-0.1, -0.05) is 61.4 Å². The minimum Gasteiger partial charge on any atom is -0.481 e. The molecule has 2 N–H and O–H groups in total. The van der Waals surface area contributed by atoms with Crippen molar-refractivity contribution in [3.8, 4) is 0 Å². The fourth-order valence-electron chi connectivity index (χ4n) is 6.12. The highest BCUT2D eigenvalue weighted by molar-refractivity contribution is 6.02. The second-order valence-electron chi connectivity index (χ2n) is 10.6. The van der Waals surface area contributed by atoms with E-state index in [1.165, 1.54) is 4.90 Å². The zero-order chi connectivity index (χ0) is 26.4. The number of carbonyl (C=O) groups excluding carboxylic acids is 2. The fraction of sp³-hybridized carbons (Fsp3) is 0.467. The Morgan fingerprint density at radius 2 is 1.65 bits per heavy atom. The van der Waals surface area contributed by atoms with Gasteiger partial charge in [0, 0.05) is 23.4 Å². The molecule has 0 aromatic heterocycles. The number of aryl methyl sites for hydroxylation is 2. The van der Waals surface area contributed by atoms with Gasteiger partial charge in [-0.2, -0.15) is 0 Å². The van der Waals surface area contributed by atoms with E-state index in [4.69, 9.17) is 0 Å². The van der Waals surface area contributed by atoms with E-state index in [9.17, 15) is 29.4 Å². The highest BCUT2D eigenvalue weighted by Gasteiger charge is 2.45. The van der Waals surface area contributed by atoms with Gasteiger partial charge in [0.1, 0.15) is 12.3 Å². The third-order valence-electron chi connectivity index (χ3n) is 8.15. The molecule has 0 radical (unpaired) electrons. The van der Waals surface area contributed by atoms with Crippen LogP contribution in [0.25, 0.3) is 0 Å². The van der Waals surface area contributed by atoms with Crippen LogP contribution in [0.15, 0.2) is 54.6 Å². The van der Waals surface area contributed by atoms with Crippen LogP contribution in [0.5, 0.6) is 0 Å². The van der Waals surface area contributed by atoms with E-state index >= 15 is 0 Å². The van der Waals surface area contributed by atoms with Gasteiger partial charge in [-0.3, -0.25) is 19.2 Å². The fourth-order valence-corrected chi connectivity index (χ4v) is 6.12. The summed E-state index contributed by atoms with van der Waals surface area (Å²) in [5.41, 5.74) is 1.82. The molecule has 4 rings (SSSR count). The average molecular weight is 506 g/mol. The average Bonchev–Trinajstić information content (AvgIpc) is 3.33. The third-order valence-corrected chi connectivity index (χ3v) is 8.15. The zero-order valence-electron chi connectivity index (χ0n) is 21.1. The Hall–Kier alpha value is -3.48. The number of Topliss-reactive ketones (excluding diaryl/α,β-unsaturated/α-hetero) is 1. The number of ketones is 1. The number of fused-ring (bicyclic) bond motifs is 1. The van der Waals surface area contributed by atoms with Gasteiger partial charge in [-0.15, -0.1) is 0 Å². The summed E-state index contributed by atoms with van der Waals surface area (Å²) in [5.74, 6) is -3.64. The summed E-state index contributed by atoms with van der Waals surface area (Å²) in [4.78, 5) is 52.4. The largest absolute Gasteiger partial charge is 0.481 e. The molecule has 37 heavy (non-hydrogen) atoms. The Labute approximate surface area is 217 Å². The number of anilines is 1. The van der Waals surface area contributed by atoms with Crippen LogP contribution in [0.3, 0.4) is 0 Å². The first-order valence-corrected chi connectivity index (χ1v) is 13.2. The van der Waals surface area contributed by atoms with Gasteiger partial charge in [-0.25, -0.2) is 0 Å². The molecule has 0 saturated heterocycles. The summed E-state index contributed by atoms with van der Waals surface area (Å²) < 4.78 is 0. The molecule has 1 heterocycles. The van der Waals surface area contributed by atoms with E-state index in [0.29, 0.717) is 44.2 Å². The summed E-state index contributed by atoms with van der Waals surface area (Å²) in [7, 11) is 0. The number of carboxylic acid groups (broad SMARTS) is 2. The first kappa shape index (κ1) is 26.6. The van der Waals surface area contributed by atoms with Crippen molar-refractivity contribution in [1.82, 2.24) is 0 Å². The number of rotatable bonds is 11. The molecule has 2 atom stereocenters. The van der Waals surface area contributed by atoms with Crippen molar-refractivity contribution < 1.29 is 29.4 Å². The van der Waals surface area contributed by atoms with Crippen molar-refractivity contribution in [3.05, 3.63) is 65.7 Å².